The lowest BCUT2D eigenvalue weighted by molar-refractivity contribution is -0.161. The van der Waals surface area contributed by atoms with Gasteiger partial charge in [-0.25, -0.2) is 0 Å². The number of aliphatic hydroxyl groups is 1. The van der Waals surface area contributed by atoms with E-state index in [1.165, 1.54) is 64.2 Å². The molecule has 5 heteroatoms. The van der Waals surface area contributed by atoms with E-state index >= 15 is 0 Å². The standard InChI is InChI=1S/C47H78O5/c1-3-5-7-9-11-13-15-17-18-19-20-21-22-23-24-25-26-27-28-30-32-34-36-38-40-42-47(50)52-45(43-48)44-51-46(49)41-39-37-35-33-31-29-16-14-12-10-8-6-4-2/h5,7-8,10-11,13-14,16-18,20-21,23-24,45,48H,3-4,6,9,12,15,19,22,25-44H2,1-2H3/b7-5-,10-8-,13-11-,16-14-,18-17-,21-20-,24-23-. The van der Waals surface area contributed by atoms with Crippen LogP contribution in [0, 0.1) is 0 Å². The molecule has 52 heavy (non-hydrogen) atoms. The van der Waals surface area contributed by atoms with Gasteiger partial charge in [-0.3, -0.25) is 9.59 Å². The first-order valence-corrected chi connectivity index (χ1v) is 21.1. The first-order chi connectivity index (χ1) is 25.6. The van der Waals surface area contributed by atoms with Crippen LogP contribution in [0.4, 0.5) is 0 Å². The van der Waals surface area contributed by atoms with Gasteiger partial charge in [0.25, 0.3) is 0 Å². The second-order valence-electron chi connectivity index (χ2n) is 13.7. The number of rotatable bonds is 37. The van der Waals surface area contributed by atoms with Gasteiger partial charge in [-0.1, -0.05) is 170 Å². The van der Waals surface area contributed by atoms with E-state index in [0.29, 0.717) is 12.8 Å². The Morgan fingerprint density at radius 1 is 0.462 bits per heavy atom. The average molecular weight is 723 g/mol. The van der Waals surface area contributed by atoms with E-state index in [1.807, 2.05) is 0 Å². The van der Waals surface area contributed by atoms with E-state index < -0.39 is 6.10 Å². The highest BCUT2D eigenvalue weighted by atomic mass is 16.6. The smallest absolute Gasteiger partial charge is 0.306 e. The van der Waals surface area contributed by atoms with Gasteiger partial charge in [-0.2, -0.15) is 0 Å². The van der Waals surface area contributed by atoms with E-state index in [1.54, 1.807) is 0 Å². The van der Waals surface area contributed by atoms with E-state index in [2.05, 4.69) is 98.9 Å². The average Bonchev–Trinajstić information content (AvgIpc) is 3.15. The van der Waals surface area contributed by atoms with Crippen LogP contribution in [0.15, 0.2) is 85.1 Å². The third-order valence-electron chi connectivity index (χ3n) is 8.65. The van der Waals surface area contributed by atoms with Crippen LogP contribution in [-0.4, -0.2) is 36.4 Å². The molecule has 0 rings (SSSR count). The van der Waals surface area contributed by atoms with Gasteiger partial charge in [0.2, 0.25) is 0 Å². The molecule has 0 fully saturated rings. The molecule has 0 aliphatic carbocycles. The van der Waals surface area contributed by atoms with Gasteiger partial charge in [0.15, 0.2) is 6.10 Å². The molecule has 0 aromatic rings. The highest BCUT2D eigenvalue weighted by Gasteiger charge is 2.16. The van der Waals surface area contributed by atoms with Crippen molar-refractivity contribution in [1.29, 1.82) is 0 Å². The zero-order chi connectivity index (χ0) is 37.8. The molecule has 5 nitrogen and oxygen atoms in total. The predicted molar refractivity (Wildman–Crippen MR) is 223 cm³/mol. The van der Waals surface area contributed by atoms with Crippen LogP contribution in [0.3, 0.4) is 0 Å². The Morgan fingerprint density at radius 3 is 1.25 bits per heavy atom. The quantitative estimate of drug-likeness (QED) is 0.0393. The maximum absolute atomic E-state index is 12.2. The molecular weight excluding hydrogens is 645 g/mol. The Balaban J connectivity index is 3.59. The first kappa shape index (κ1) is 49.1. The topological polar surface area (TPSA) is 72.8 Å². The molecule has 0 aromatic carbocycles. The van der Waals surface area contributed by atoms with E-state index in [0.717, 1.165) is 89.9 Å². The lowest BCUT2D eigenvalue weighted by Crippen LogP contribution is -2.28. The van der Waals surface area contributed by atoms with Crippen molar-refractivity contribution < 1.29 is 24.2 Å². The summed E-state index contributed by atoms with van der Waals surface area (Å²) in [6, 6.07) is 0. The Bertz CT molecular complexity index is 999. The molecule has 0 aliphatic rings. The number of esters is 2. The molecule has 0 heterocycles. The monoisotopic (exact) mass is 723 g/mol. The fraction of sp³-hybridized carbons (Fsp3) is 0.660. The highest BCUT2D eigenvalue weighted by Crippen LogP contribution is 2.13. The van der Waals surface area contributed by atoms with Gasteiger partial charge < -0.3 is 14.6 Å². The summed E-state index contributed by atoms with van der Waals surface area (Å²) in [6.07, 6.45) is 57.9. The molecule has 0 amide bonds. The summed E-state index contributed by atoms with van der Waals surface area (Å²) in [5.74, 6) is -0.621. The Labute approximate surface area is 320 Å². The number of carbonyl (C=O) groups excluding carboxylic acids is 2. The summed E-state index contributed by atoms with van der Waals surface area (Å²) in [4.78, 5) is 24.3. The van der Waals surface area contributed by atoms with Crippen molar-refractivity contribution >= 4 is 11.9 Å². The first-order valence-electron chi connectivity index (χ1n) is 21.1. The molecule has 0 spiro atoms. The molecule has 0 aliphatic heterocycles. The third kappa shape index (κ3) is 39.9. The largest absolute Gasteiger partial charge is 0.462 e. The number of aliphatic hydroxyl groups excluding tert-OH is 1. The normalized spacial score (nSPS) is 13.1. The summed E-state index contributed by atoms with van der Waals surface area (Å²) < 4.78 is 10.6. The minimum atomic E-state index is -0.785. The van der Waals surface area contributed by atoms with Crippen LogP contribution in [0.25, 0.3) is 0 Å². The summed E-state index contributed by atoms with van der Waals surface area (Å²) in [5.41, 5.74) is 0. The van der Waals surface area contributed by atoms with Crippen LogP contribution in [0.2, 0.25) is 0 Å². The summed E-state index contributed by atoms with van der Waals surface area (Å²) >= 11 is 0. The Kier molecular flexibility index (Phi) is 40.1. The van der Waals surface area contributed by atoms with Crippen molar-refractivity contribution in [1.82, 2.24) is 0 Å². The molecular formula is C47H78O5. The van der Waals surface area contributed by atoms with Crippen molar-refractivity contribution in [2.45, 2.75) is 187 Å². The van der Waals surface area contributed by atoms with Crippen LogP contribution in [0.1, 0.15) is 181 Å². The third-order valence-corrected chi connectivity index (χ3v) is 8.65. The Morgan fingerprint density at radius 2 is 0.827 bits per heavy atom. The zero-order valence-electron chi connectivity index (χ0n) is 33.5. The molecule has 1 N–H and O–H groups in total. The van der Waals surface area contributed by atoms with Crippen molar-refractivity contribution in [3.8, 4) is 0 Å². The van der Waals surface area contributed by atoms with Gasteiger partial charge in [-0.15, -0.1) is 0 Å². The van der Waals surface area contributed by atoms with Gasteiger partial charge in [0.05, 0.1) is 6.61 Å². The summed E-state index contributed by atoms with van der Waals surface area (Å²) in [5, 5.41) is 9.57. The lowest BCUT2D eigenvalue weighted by Gasteiger charge is -2.15. The molecule has 0 saturated carbocycles. The number of hydrogen-bond donors (Lipinski definition) is 1. The molecule has 0 radical (unpaired) electrons. The molecule has 0 saturated heterocycles. The minimum Gasteiger partial charge on any atom is -0.462 e. The van der Waals surface area contributed by atoms with Crippen LogP contribution < -0.4 is 0 Å². The minimum absolute atomic E-state index is 0.0800. The zero-order valence-corrected chi connectivity index (χ0v) is 33.5. The van der Waals surface area contributed by atoms with E-state index in [4.69, 9.17) is 9.47 Å². The predicted octanol–water partition coefficient (Wildman–Crippen LogP) is 13.5. The van der Waals surface area contributed by atoms with Gasteiger partial charge in [-0.05, 0) is 83.5 Å². The summed E-state index contributed by atoms with van der Waals surface area (Å²) in [7, 11) is 0. The highest BCUT2D eigenvalue weighted by molar-refractivity contribution is 5.70. The van der Waals surface area contributed by atoms with E-state index in [-0.39, 0.29) is 25.2 Å². The fourth-order valence-corrected chi connectivity index (χ4v) is 5.50. The second kappa shape index (κ2) is 42.5. The van der Waals surface area contributed by atoms with Crippen LogP contribution >= 0.6 is 0 Å². The number of carbonyl (C=O) groups is 2. The van der Waals surface area contributed by atoms with Crippen molar-refractivity contribution in [3.63, 3.8) is 0 Å². The molecule has 1 atom stereocenters. The van der Waals surface area contributed by atoms with Gasteiger partial charge in [0, 0.05) is 12.8 Å². The van der Waals surface area contributed by atoms with E-state index in [9.17, 15) is 14.7 Å². The van der Waals surface area contributed by atoms with Crippen molar-refractivity contribution in [2.24, 2.45) is 0 Å². The number of allylic oxidation sites excluding steroid dienone is 14. The van der Waals surface area contributed by atoms with Crippen molar-refractivity contribution in [3.05, 3.63) is 85.1 Å². The SMILES string of the molecule is CC/C=C\C/C=C\C/C=C\C/C=C\C/C=C\CCCCCCCCCCCC(=O)OC(CO)COC(=O)CCCCCCC/C=C\C/C=C\CCC. The van der Waals surface area contributed by atoms with Gasteiger partial charge in [0.1, 0.15) is 6.61 Å². The molecule has 296 valence electrons. The maximum atomic E-state index is 12.2. The second-order valence-corrected chi connectivity index (χ2v) is 13.7. The molecule has 0 bridgehead atoms. The fourth-order valence-electron chi connectivity index (χ4n) is 5.50. The van der Waals surface area contributed by atoms with Crippen LogP contribution in [-0.2, 0) is 19.1 Å². The van der Waals surface area contributed by atoms with Gasteiger partial charge >= 0.3 is 11.9 Å². The summed E-state index contributed by atoms with van der Waals surface area (Å²) in [6.45, 7) is 3.93. The number of ether oxygens (including phenoxy) is 2. The maximum Gasteiger partial charge on any atom is 0.306 e. The lowest BCUT2D eigenvalue weighted by atomic mass is 10.1. The van der Waals surface area contributed by atoms with Crippen molar-refractivity contribution in [2.75, 3.05) is 13.2 Å². The molecule has 0 aromatic heterocycles. The number of hydrogen-bond acceptors (Lipinski definition) is 5. The van der Waals surface area contributed by atoms with Crippen LogP contribution in [0.5, 0.6) is 0 Å². The number of unbranched alkanes of at least 4 members (excludes halogenated alkanes) is 15. The molecule has 1 unspecified atom stereocenters. The Hall–Kier alpha value is -2.92.